The van der Waals surface area contributed by atoms with Crippen LogP contribution in [0.5, 0.6) is 0 Å². The van der Waals surface area contributed by atoms with Crippen molar-refractivity contribution in [3.05, 3.63) is 54.1 Å². The molecule has 0 bridgehead atoms. The SMILES string of the molecule is COC(=O)Nc1cc(-c2nccc(-c3cc(NCCC(C)(C)OC)c(F)cc3C)n2)ccn1. The molecular formula is C24H28FN5O3. The highest BCUT2D eigenvalue weighted by molar-refractivity contribution is 5.84. The molecule has 0 radical (unpaired) electrons. The fourth-order valence-electron chi connectivity index (χ4n) is 3.13. The summed E-state index contributed by atoms with van der Waals surface area (Å²) in [7, 11) is 2.94. The highest BCUT2D eigenvalue weighted by Gasteiger charge is 2.17. The van der Waals surface area contributed by atoms with E-state index in [-0.39, 0.29) is 11.4 Å². The van der Waals surface area contributed by atoms with E-state index in [2.05, 4.69) is 30.3 Å². The van der Waals surface area contributed by atoms with Crippen LogP contribution in [0.4, 0.5) is 20.7 Å². The predicted molar refractivity (Wildman–Crippen MR) is 126 cm³/mol. The largest absolute Gasteiger partial charge is 0.453 e. The number of amides is 1. The molecule has 0 saturated heterocycles. The average Bonchev–Trinajstić information content (AvgIpc) is 2.80. The molecule has 0 atom stereocenters. The fraction of sp³-hybridized carbons (Fsp3) is 0.333. The lowest BCUT2D eigenvalue weighted by atomic mass is 10.0. The van der Waals surface area contributed by atoms with Gasteiger partial charge in [0.2, 0.25) is 0 Å². The Morgan fingerprint density at radius 1 is 1.12 bits per heavy atom. The molecule has 3 rings (SSSR count). The number of methoxy groups -OCH3 is 2. The third-order valence-electron chi connectivity index (χ3n) is 5.27. The fourth-order valence-corrected chi connectivity index (χ4v) is 3.13. The topological polar surface area (TPSA) is 98.3 Å². The summed E-state index contributed by atoms with van der Waals surface area (Å²) in [5, 5.41) is 5.68. The van der Waals surface area contributed by atoms with Crippen LogP contribution < -0.4 is 10.6 Å². The van der Waals surface area contributed by atoms with Gasteiger partial charge in [-0.2, -0.15) is 0 Å². The zero-order valence-corrected chi connectivity index (χ0v) is 19.4. The maximum atomic E-state index is 14.6. The van der Waals surface area contributed by atoms with Crippen LogP contribution in [0.2, 0.25) is 0 Å². The number of nitrogens with zero attached hydrogens (tertiary/aromatic N) is 3. The van der Waals surface area contributed by atoms with Gasteiger partial charge in [0, 0.05) is 37.2 Å². The molecule has 0 aliphatic heterocycles. The van der Waals surface area contributed by atoms with Crippen molar-refractivity contribution in [1.82, 2.24) is 15.0 Å². The molecule has 1 amide bonds. The van der Waals surface area contributed by atoms with Gasteiger partial charge in [-0.15, -0.1) is 0 Å². The van der Waals surface area contributed by atoms with Crippen molar-refractivity contribution in [1.29, 1.82) is 0 Å². The molecule has 2 N–H and O–H groups in total. The van der Waals surface area contributed by atoms with Crippen LogP contribution in [0.1, 0.15) is 25.8 Å². The Hall–Kier alpha value is -3.59. The summed E-state index contributed by atoms with van der Waals surface area (Å²) < 4.78 is 24.6. The van der Waals surface area contributed by atoms with E-state index in [1.165, 1.54) is 13.2 Å². The molecule has 0 aliphatic carbocycles. The molecule has 0 spiro atoms. The predicted octanol–water partition coefficient (Wildman–Crippen LogP) is 5.06. The summed E-state index contributed by atoms with van der Waals surface area (Å²) in [6.45, 7) is 6.36. The van der Waals surface area contributed by atoms with Crippen LogP contribution in [-0.4, -0.2) is 47.4 Å². The van der Waals surface area contributed by atoms with Gasteiger partial charge in [-0.25, -0.2) is 24.1 Å². The van der Waals surface area contributed by atoms with Gasteiger partial charge in [0.1, 0.15) is 11.6 Å². The van der Waals surface area contributed by atoms with E-state index < -0.39 is 6.09 Å². The number of carbonyl (C=O) groups excluding carboxylic acids is 1. The molecule has 0 unspecified atom stereocenters. The van der Waals surface area contributed by atoms with Crippen molar-refractivity contribution in [3.63, 3.8) is 0 Å². The maximum Gasteiger partial charge on any atom is 0.412 e. The number of halogens is 1. The van der Waals surface area contributed by atoms with Crippen LogP contribution in [-0.2, 0) is 9.47 Å². The van der Waals surface area contributed by atoms with E-state index in [0.717, 1.165) is 11.1 Å². The number of nitrogens with one attached hydrogen (secondary N) is 2. The van der Waals surface area contributed by atoms with Crippen molar-refractivity contribution in [2.75, 3.05) is 31.4 Å². The summed E-state index contributed by atoms with van der Waals surface area (Å²) in [6.07, 6.45) is 3.28. The highest BCUT2D eigenvalue weighted by atomic mass is 19.1. The lowest BCUT2D eigenvalue weighted by Crippen LogP contribution is -2.25. The molecule has 2 heterocycles. The normalized spacial score (nSPS) is 11.2. The van der Waals surface area contributed by atoms with Crippen molar-refractivity contribution >= 4 is 17.6 Å². The summed E-state index contributed by atoms with van der Waals surface area (Å²) in [6, 6.07) is 8.41. The number of aryl methyl sites for hydroxylation is 1. The number of aromatic nitrogens is 3. The van der Waals surface area contributed by atoms with Crippen LogP contribution >= 0.6 is 0 Å². The number of pyridine rings is 1. The van der Waals surface area contributed by atoms with Crippen molar-refractivity contribution in [2.24, 2.45) is 0 Å². The number of ether oxygens (including phenoxy) is 2. The molecule has 174 valence electrons. The average molecular weight is 454 g/mol. The molecule has 1 aromatic carbocycles. The third kappa shape index (κ3) is 6.23. The van der Waals surface area contributed by atoms with Crippen molar-refractivity contribution in [2.45, 2.75) is 32.8 Å². The first-order valence-electron chi connectivity index (χ1n) is 10.5. The van der Waals surface area contributed by atoms with Crippen LogP contribution in [0.15, 0.2) is 42.7 Å². The van der Waals surface area contributed by atoms with Crippen molar-refractivity contribution in [3.8, 4) is 22.6 Å². The molecule has 33 heavy (non-hydrogen) atoms. The number of hydrogen-bond acceptors (Lipinski definition) is 7. The second kappa shape index (κ2) is 10.4. The zero-order chi connectivity index (χ0) is 24.0. The second-order valence-corrected chi connectivity index (χ2v) is 8.10. The van der Waals surface area contributed by atoms with Gasteiger partial charge in [0.15, 0.2) is 5.82 Å². The summed E-state index contributed by atoms with van der Waals surface area (Å²) in [5.41, 5.74) is 2.95. The monoisotopic (exact) mass is 453 g/mol. The second-order valence-electron chi connectivity index (χ2n) is 8.10. The Labute approximate surface area is 192 Å². The highest BCUT2D eigenvalue weighted by Crippen LogP contribution is 2.29. The lowest BCUT2D eigenvalue weighted by molar-refractivity contribution is 0.0184. The van der Waals surface area contributed by atoms with E-state index in [0.29, 0.717) is 41.6 Å². The lowest BCUT2D eigenvalue weighted by Gasteiger charge is -2.23. The standard InChI is InChI=1S/C24H28FN5O3/c1-15-12-18(25)20(26-11-8-24(2,3)33-5)14-17(15)19-7-10-28-22(29-19)16-6-9-27-21(13-16)30-23(31)32-4/h6-7,9-10,12-14,26H,8,11H2,1-5H3,(H,27,30,31). The number of benzene rings is 1. The van der Waals surface area contributed by atoms with E-state index >= 15 is 0 Å². The smallest absolute Gasteiger partial charge is 0.412 e. The molecule has 8 nitrogen and oxygen atoms in total. The van der Waals surface area contributed by atoms with Gasteiger partial charge in [0.25, 0.3) is 0 Å². The summed E-state index contributed by atoms with van der Waals surface area (Å²) >= 11 is 0. The Kier molecular flexibility index (Phi) is 7.55. The van der Waals surface area contributed by atoms with Gasteiger partial charge in [0.05, 0.1) is 24.1 Å². The first kappa shape index (κ1) is 24.1. The van der Waals surface area contributed by atoms with Crippen LogP contribution in [0, 0.1) is 12.7 Å². The Balaban J connectivity index is 1.88. The Morgan fingerprint density at radius 3 is 2.61 bits per heavy atom. The van der Waals surface area contributed by atoms with Crippen molar-refractivity contribution < 1.29 is 18.7 Å². The van der Waals surface area contributed by atoms with Crippen LogP contribution in [0.3, 0.4) is 0 Å². The van der Waals surface area contributed by atoms with Gasteiger partial charge in [-0.3, -0.25) is 5.32 Å². The molecule has 0 aliphatic rings. The van der Waals surface area contributed by atoms with E-state index in [9.17, 15) is 9.18 Å². The van der Waals surface area contributed by atoms with Gasteiger partial charge in [-0.1, -0.05) is 0 Å². The van der Waals surface area contributed by atoms with Gasteiger partial charge < -0.3 is 14.8 Å². The molecule has 0 saturated carbocycles. The minimum Gasteiger partial charge on any atom is -0.453 e. The first-order chi connectivity index (χ1) is 15.7. The molecule has 0 fully saturated rings. The van der Waals surface area contributed by atoms with Gasteiger partial charge >= 0.3 is 6.09 Å². The van der Waals surface area contributed by atoms with Gasteiger partial charge in [-0.05, 0) is 63.1 Å². The molecule has 2 aromatic heterocycles. The number of carbonyl (C=O) groups is 1. The molecular weight excluding hydrogens is 425 g/mol. The van der Waals surface area contributed by atoms with E-state index in [1.807, 2.05) is 20.8 Å². The Bertz CT molecular complexity index is 1140. The maximum absolute atomic E-state index is 14.6. The first-order valence-corrected chi connectivity index (χ1v) is 10.5. The minimum absolute atomic E-state index is 0.301. The quantitative estimate of drug-likeness (QED) is 0.492. The van der Waals surface area contributed by atoms with E-state index in [4.69, 9.17) is 4.74 Å². The molecule has 9 heteroatoms. The van der Waals surface area contributed by atoms with Crippen LogP contribution in [0.25, 0.3) is 22.6 Å². The number of hydrogen-bond donors (Lipinski definition) is 2. The minimum atomic E-state index is -0.620. The zero-order valence-electron chi connectivity index (χ0n) is 19.4. The summed E-state index contributed by atoms with van der Waals surface area (Å²) in [4.78, 5) is 24.6. The number of anilines is 2. The number of rotatable bonds is 8. The molecule has 3 aromatic rings. The van der Waals surface area contributed by atoms with E-state index in [1.54, 1.807) is 43.8 Å². The third-order valence-corrected chi connectivity index (χ3v) is 5.27. The Morgan fingerprint density at radius 2 is 1.88 bits per heavy atom. The summed E-state index contributed by atoms with van der Waals surface area (Å²) in [5.74, 6) is 0.438.